The van der Waals surface area contributed by atoms with Crippen LogP contribution in [-0.4, -0.2) is 48.2 Å². The zero-order valence-electron chi connectivity index (χ0n) is 10.8. The van der Waals surface area contributed by atoms with Crippen LogP contribution in [0.1, 0.15) is 33.6 Å². The standard InChI is InChI=1S/C12H24N2O2/c1-12(2,3)10(13-4)11(16)14-7-5-9(15)6-8-14/h9-10,13,15H,5-8H2,1-4H3/t10-/m1/s1. The molecule has 0 saturated carbocycles. The van der Waals surface area contributed by atoms with Crippen molar-refractivity contribution in [2.24, 2.45) is 5.41 Å². The van der Waals surface area contributed by atoms with Gasteiger partial charge in [-0.3, -0.25) is 4.79 Å². The van der Waals surface area contributed by atoms with Gasteiger partial charge in [0.1, 0.15) is 0 Å². The van der Waals surface area contributed by atoms with Gasteiger partial charge in [-0.15, -0.1) is 0 Å². The van der Waals surface area contributed by atoms with Gasteiger partial charge in [-0.2, -0.15) is 0 Å². The van der Waals surface area contributed by atoms with Gasteiger partial charge in [0.2, 0.25) is 5.91 Å². The molecule has 2 N–H and O–H groups in total. The molecule has 1 saturated heterocycles. The lowest BCUT2D eigenvalue weighted by molar-refractivity contribution is -0.138. The molecule has 1 heterocycles. The van der Waals surface area contributed by atoms with Gasteiger partial charge in [0.15, 0.2) is 0 Å². The molecule has 0 unspecified atom stereocenters. The molecule has 16 heavy (non-hydrogen) atoms. The normalized spacial score (nSPS) is 20.9. The molecule has 0 radical (unpaired) electrons. The predicted molar refractivity (Wildman–Crippen MR) is 64.1 cm³/mol. The molecule has 0 spiro atoms. The highest BCUT2D eigenvalue weighted by molar-refractivity contribution is 5.82. The Hall–Kier alpha value is -0.610. The van der Waals surface area contributed by atoms with Crippen molar-refractivity contribution in [3.05, 3.63) is 0 Å². The molecule has 1 atom stereocenters. The molecule has 94 valence electrons. The van der Waals surface area contributed by atoms with E-state index in [0.29, 0.717) is 25.9 Å². The summed E-state index contributed by atoms with van der Waals surface area (Å²) in [4.78, 5) is 14.1. The first-order valence-electron chi connectivity index (χ1n) is 6.00. The number of nitrogens with zero attached hydrogens (tertiary/aromatic N) is 1. The molecule has 0 bridgehead atoms. The number of aliphatic hydroxyl groups is 1. The van der Waals surface area contributed by atoms with Crippen molar-refractivity contribution in [3.63, 3.8) is 0 Å². The summed E-state index contributed by atoms with van der Waals surface area (Å²) in [6.45, 7) is 7.53. The Bertz CT molecular complexity index is 240. The van der Waals surface area contributed by atoms with Crippen LogP contribution in [0, 0.1) is 5.41 Å². The van der Waals surface area contributed by atoms with Gasteiger partial charge in [0.25, 0.3) is 0 Å². The Labute approximate surface area is 98.0 Å². The summed E-state index contributed by atoms with van der Waals surface area (Å²) < 4.78 is 0. The Balaban J connectivity index is 2.62. The maximum atomic E-state index is 12.3. The van der Waals surface area contributed by atoms with E-state index < -0.39 is 0 Å². The summed E-state index contributed by atoms with van der Waals surface area (Å²) in [5.74, 6) is 0.155. The van der Waals surface area contributed by atoms with E-state index in [9.17, 15) is 9.90 Å². The van der Waals surface area contributed by atoms with Gasteiger partial charge in [-0.1, -0.05) is 20.8 Å². The quantitative estimate of drug-likeness (QED) is 0.728. The summed E-state index contributed by atoms with van der Waals surface area (Å²) >= 11 is 0. The van der Waals surface area contributed by atoms with Crippen LogP contribution in [-0.2, 0) is 4.79 Å². The van der Waals surface area contributed by atoms with Gasteiger partial charge in [-0.25, -0.2) is 0 Å². The second-order valence-electron chi connectivity index (χ2n) is 5.64. The van der Waals surface area contributed by atoms with Crippen LogP contribution in [0.25, 0.3) is 0 Å². The second kappa shape index (κ2) is 5.15. The zero-order valence-corrected chi connectivity index (χ0v) is 10.8. The van der Waals surface area contributed by atoms with Crippen LogP contribution in [0.4, 0.5) is 0 Å². The average molecular weight is 228 g/mol. The van der Waals surface area contributed by atoms with Crippen molar-refractivity contribution >= 4 is 5.91 Å². The summed E-state index contributed by atoms with van der Waals surface area (Å²) in [7, 11) is 1.83. The Morgan fingerprint density at radius 1 is 1.38 bits per heavy atom. The number of hydrogen-bond donors (Lipinski definition) is 2. The summed E-state index contributed by atoms with van der Waals surface area (Å²) in [5.41, 5.74) is -0.0815. The number of likely N-dealkylation sites (N-methyl/N-ethyl adjacent to an activating group) is 1. The molecule has 1 fully saturated rings. The number of likely N-dealkylation sites (tertiary alicyclic amines) is 1. The van der Waals surface area contributed by atoms with E-state index in [1.54, 1.807) is 0 Å². The highest BCUT2D eigenvalue weighted by atomic mass is 16.3. The van der Waals surface area contributed by atoms with Crippen LogP contribution in [0.5, 0.6) is 0 Å². The lowest BCUT2D eigenvalue weighted by Gasteiger charge is -2.37. The number of hydrogen-bond acceptors (Lipinski definition) is 3. The smallest absolute Gasteiger partial charge is 0.240 e. The van der Waals surface area contributed by atoms with Crippen LogP contribution < -0.4 is 5.32 Å². The Morgan fingerprint density at radius 2 is 1.88 bits per heavy atom. The van der Waals surface area contributed by atoms with Crippen LogP contribution >= 0.6 is 0 Å². The monoisotopic (exact) mass is 228 g/mol. The minimum Gasteiger partial charge on any atom is -0.393 e. The van der Waals surface area contributed by atoms with Crippen molar-refractivity contribution in [2.75, 3.05) is 20.1 Å². The third-order valence-corrected chi connectivity index (χ3v) is 3.18. The molecule has 4 nitrogen and oxygen atoms in total. The van der Waals surface area contributed by atoms with Crippen molar-refractivity contribution in [2.45, 2.75) is 45.8 Å². The highest BCUT2D eigenvalue weighted by Crippen LogP contribution is 2.22. The van der Waals surface area contributed by atoms with Crippen molar-refractivity contribution in [1.82, 2.24) is 10.2 Å². The number of piperidine rings is 1. The molecule has 0 aromatic heterocycles. The van der Waals surface area contributed by atoms with Gasteiger partial charge in [-0.05, 0) is 25.3 Å². The molecule has 0 aromatic carbocycles. The molecule has 0 aromatic rings. The van der Waals surface area contributed by atoms with Crippen molar-refractivity contribution < 1.29 is 9.90 Å². The maximum Gasteiger partial charge on any atom is 0.240 e. The first kappa shape index (κ1) is 13.5. The van der Waals surface area contributed by atoms with Crippen LogP contribution in [0.3, 0.4) is 0 Å². The average Bonchev–Trinajstić information content (AvgIpc) is 2.17. The van der Waals surface area contributed by atoms with E-state index in [1.165, 1.54) is 0 Å². The first-order valence-corrected chi connectivity index (χ1v) is 6.00. The number of rotatable bonds is 2. The van der Waals surface area contributed by atoms with Crippen LogP contribution in [0.15, 0.2) is 0 Å². The summed E-state index contributed by atoms with van der Waals surface area (Å²) in [6, 6.07) is -0.150. The molecule has 1 rings (SSSR count). The van der Waals surface area contributed by atoms with Crippen molar-refractivity contribution in [1.29, 1.82) is 0 Å². The molecule has 0 aliphatic carbocycles. The highest BCUT2D eigenvalue weighted by Gasteiger charge is 2.34. The summed E-state index contributed by atoms with van der Waals surface area (Å²) in [6.07, 6.45) is 1.17. The topological polar surface area (TPSA) is 52.6 Å². The third kappa shape index (κ3) is 3.19. The van der Waals surface area contributed by atoms with Gasteiger partial charge in [0, 0.05) is 13.1 Å². The zero-order chi connectivity index (χ0) is 12.3. The SMILES string of the molecule is CN[C@H](C(=O)N1CCC(O)CC1)C(C)(C)C. The van der Waals surface area contributed by atoms with E-state index in [2.05, 4.69) is 26.1 Å². The van der Waals surface area contributed by atoms with E-state index in [-0.39, 0.29) is 23.5 Å². The fraction of sp³-hybridized carbons (Fsp3) is 0.917. The van der Waals surface area contributed by atoms with Gasteiger partial charge < -0.3 is 15.3 Å². The molecular formula is C12H24N2O2. The van der Waals surface area contributed by atoms with Gasteiger partial charge in [0.05, 0.1) is 12.1 Å². The fourth-order valence-corrected chi connectivity index (χ4v) is 2.20. The number of carbonyl (C=O) groups excluding carboxylic acids is 1. The summed E-state index contributed by atoms with van der Waals surface area (Å²) in [5, 5.41) is 12.5. The third-order valence-electron chi connectivity index (χ3n) is 3.18. The minimum absolute atomic E-state index is 0.0815. The number of aliphatic hydroxyl groups excluding tert-OH is 1. The second-order valence-corrected chi connectivity index (χ2v) is 5.64. The first-order chi connectivity index (χ1) is 7.36. The van der Waals surface area contributed by atoms with Crippen molar-refractivity contribution in [3.8, 4) is 0 Å². The lowest BCUT2D eigenvalue weighted by atomic mass is 9.85. The van der Waals surface area contributed by atoms with E-state index >= 15 is 0 Å². The lowest BCUT2D eigenvalue weighted by Crippen LogP contribution is -2.54. The predicted octanol–water partition coefficient (Wildman–Crippen LogP) is 0.604. The number of nitrogens with one attached hydrogen (secondary N) is 1. The van der Waals surface area contributed by atoms with Crippen LogP contribution in [0.2, 0.25) is 0 Å². The number of carbonyl (C=O) groups is 1. The minimum atomic E-state index is -0.230. The Kier molecular flexibility index (Phi) is 4.33. The van der Waals surface area contributed by atoms with E-state index in [0.717, 1.165) is 0 Å². The molecule has 1 aliphatic heterocycles. The Morgan fingerprint density at radius 3 is 2.25 bits per heavy atom. The van der Waals surface area contributed by atoms with E-state index in [4.69, 9.17) is 0 Å². The molecular weight excluding hydrogens is 204 g/mol. The number of amides is 1. The molecule has 1 aliphatic rings. The fourth-order valence-electron chi connectivity index (χ4n) is 2.20. The van der Waals surface area contributed by atoms with Gasteiger partial charge >= 0.3 is 0 Å². The largest absolute Gasteiger partial charge is 0.393 e. The molecule has 1 amide bonds. The maximum absolute atomic E-state index is 12.3. The van der Waals surface area contributed by atoms with E-state index in [1.807, 2.05) is 11.9 Å². The molecule has 4 heteroatoms.